The van der Waals surface area contributed by atoms with Crippen LogP contribution in [0.2, 0.25) is 0 Å². The molecule has 0 amide bonds. The van der Waals surface area contributed by atoms with Crippen molar-refractivity contribution in [3.8, 4) is 0 Å². The van der Waals surface area contributed by atoms with Crippen molar-refractivity contribution >= 4 is 15.7 Å². The van der Waals surface area contributed by atoms with Gasteiger partial charge in [0.15, 0.2) is 0 Å². The Balaban J connectivity index is 0. The third-order valence-electron chi connectivity index (χ3n) is 4.75. The molecular formula is C17H28B2O2Y2-4. The van der Waals surface area contributed by atoms with E-state index in [0.29, 0.717) is 17.8 Å². The van der Waals surface area contributed by atoms with Crippen LogP contribution in [0.5, 0.6) is 0 Å². The van der Waals surface area contributed by atoms with Gasteiger partial charge in [-0.25, -0.2) is 0 Å². The van der Waals surface area contributed by atoms with E-state index in [1.165, 1.54) is 0 Å². The van der Waals surface area contributed by atoms with Gasteiger partial charge in [0.2, 0.25) is 0 Å². The van der Waals surface area contributed by atoms with Gasteiger partial charge >= 0.3 is 0 Å². The first-order valence-electron chi connectivity index (χ1n) is 8.05. The minimum atomic E-state index is -0.176. The zero-order valence-corrected chi connectivity index (χ0v) is 20.8. The Labute approximate surface area is 197 Å². The molecule has 0 bridgehead atoms. The standard InChI is InChI=1S/C9H15BO.C8H13BO.2Y/c1-4-7-6(3)8(5-2)11-9(7)10;1-4-7-5(2)6(3)8(9)10-7;;/h6-7,9H,1,4-5H2,2-3H3;5-6,8H,3-4H2,1-2H3;;/q2*-2;;/t6-,7?,9-;5-,6?,8+;;/m10../s1. The molecule has 0 aromatic rings. The Morgan fingerprint density at radius 2 is 1.35 bits per heavy atom. The van der Waals surface area contributed by atoms with Crippen LogP contribution in [0.3, 0.4) is 0 Å². The smallest absolute Gasteiger partial charge is 0.104 e. The van der Waals surface area contributed by atoms with Crippen molar-refractivity contribution in [2.24, 2.45) is 23.7 Å². The molecule has 2 fully saturated rings. The molecular weight excluding hydrogens is 436 g/mol. The van der Waals surface area contributed by atoms with E-state index < -0.39 is 0 Å². The van der Waals surface area contributed by atoms with Crippen LogP contribution in [0.15, 0.2) is 0 Å². The molecule has 2 saturated heterocycles. The first-order chi connectivity index (χ1) is 9.87. The van der Waals surface area contributed by atoms with E-state index in [1.54, 1.807) is 0 Å². The van der Waals surface area contributed by atoms with Crippen molar-refractivity contribution in [1.82, 2.24) is 0 Å². The molecule has 6 radical (unpaired) electrons. The van der Waals surface area contributed by atoms with Gasteiger partial charge in [-0.15, -0.1) is 5.92 Å². The van der Waals surface area contributed by atoms with Crippen LogP contribution in [0, 0.1) is 49.7 Å². The van der Waals surface area contributed by atoms with Crippen molar-refractivity contribution < 1.29 is 74.9 Å². The van der Waals surface area contributed by atoms with Crippen molar-refractivity contribution in [3.63, 3.8) is 0 Å². The molecule has 0 N–H and O–H groups in total. The Bertz CT molecular complexity index is 310. The first-order valence-corrected chi connectivity index (χ1v) is 8.05. The second kappa shape index (κ2) is 13.4. The summed E-state index contributed by atoms with van der Waals surface area (Å²) in [7, 11) is 11.4. The Hall–Kier alpha value is 2.26. The molecule has 2 rings (SSSR count). The molecule has 23 heavy (non-hydrogen) atoms. The first kappa shape index (κ1) is 27.5. The van der Waals surface area contributed by atoms with Gasteiger partial charge < -0.3 is 23.3 Å². The average Bonchev–Trinajstić information content (AvgIpc) is 2.89. The molecule has 0 aliphatic carbocycles. The van der Waals surface area contributed by atoms with E-state index >= 15 is 0 Å². The minimum Gasteiger partial charge on any atom is -0.555 e. The molecule has 6 atom stereocenters. The van der Waals surface area contributed by atoms with Gasteiger partial charge in [0.25, 0.3) is 0 Å². The number of rotatable bonds is 3. The summed E-state index contributed by atoms with van der Waals surface area (Å²) in [5.41, 5.74) is 0. The Morgan fingerprint density at radius 3 is 1.57 bits per heavy atom. The van der Waals surface area contributed by atoms with Crippen LogP contribution in [0.4, 0.5) is 0 Å². The second-order valence-electron chi connectivity index (χ2n) is 6.00. The predicted octanol–water partition coefficient (Wildman–Crippen LogP) is 3.46. The zero-order chi connectivity index (χ0) is 16.2. The SMILES string of the molecule is [B][C@@H]1O[C-](CC)[C@@H](C)C1[CH2-].[B][C@@H]1O[C-](CC)[C@H](C)C1C[CH2-].[Y].[Y]. The van der Waals surface area contributed by atoms with Gasteiger partial charge in [0.1, 0.15) is 15.7 Å². The summed E-state index contributed by atoms with van der Waals surface area (Å²) < 4.78 is 10.8. The molecule has 2 nitrogen and oxygen atoms in total. The molecule has 0 aromatic heterocycles. The van der Waals surface area contributed by atoms with Crippen LogP contribution < -0.4 is 0 Å². The van der Waals surface area contributed by atoms with Crippen LogP contribution in [0.25, 0.3) is 0 Å². The maximum absolute atomic E-state index is 5.76. The van der Waals surface area contributed by atoms with E-state index in [9.17, 15) is 0 Å². The molecule has 0 spiro atoms. The topological polar surface area (TPSA) is 18.5 Å². The Morgan fingerprint density at radius 1 is 0.913 bits per heavy atom. The predicted molar refractivity (Wildman–Crippen MR) is 89.0 cm³/mol. The summed E-state index contributed by atoms with van der Waals surface area (Å²) in [6.07, 6.45) is 5.05. The summed E-state index contributed by atoms with van der Waals surface area (Å²) in [6, 6.07) is -0.289. The van der Waals surface area contributed by atoms with Crippen molar-refractivity contribution in [3.05, 3.63) is 26.1 Å². The molecule has 0 saturated carbocycles. The molecule has 2 heterocycles. The van der Waals surface area contributed by atoms with Crippen LogP contribution in [-0.4, -0.2) is 27.7 Å². The van der Waals surface area contributed by atoms with Crippen molar-refractivity contribution in [1.29, 1.82) is 0 Å². The molecule has 2 unspecified atom stereocenters. The number of hydrogen-bond acceptors (Lipinski definition) is 2. The zero-order valence-electron chi connectivity index (χ0n) is 15.1. The van der Waals surface area contributed by atoms with Gasteiger partial charge in [-0.2, -0.15) is 43.3 Å². The maximum atomic E-state index is 5.76. The minimum absolute atomic E-state index is 0. The largest absolute Gasteiger partial charge is 0.555 e. The second-order valence-corrected chi connectivity index (χ2v) is 6.00. The van der Waals surface area contributed by atoms with E-state index in [0.717, 1.165) is 31.5 Å². The van der Waals surface area contributed by atoms with E-state index in [1.807, 2.05) is 0 Å². The van der Waals surface area contributed by atoms with Crippen molar-refractivity contribution in [2.75, 3.05) is 0 Å². The van der Waals surface area contributed by atoms with E-state index in [2.05, 4.69) is 41.5 Å². The summed E-state index contributed by atoms with van der Waals surface area (Å²) in [4.78, 5) is 0. The summed E-state index contributed by atoms with van der Waals surface area (Å²) in [5.74, 6) is 1.58. The summed E-state index contributed by atoms with van der Waals surface area (Å²) in [6.45, 7) is 16.3. The maximum Gasteiger partial charge on any atom is 0.104 e. The van der Waals surface area contributed by atoms with Gasteiger partial charge in [-0.1, -0.05) is 33.6 Å². The number of hydrogen-bond donors (Lipinski definition) is 0. The molecule has 124 valence electrons. The molecule has 6 heteroatoms. The van der Waals surface area contributed by atoms with E-state index in [-0.39, 0.29) is 83.3 Å². The Kier molecular flexibility index (Phi) is 16.0. The van der Waals surface area contributed by atoms with Crippen LogP contribution >= 0.6 is 0 Å². The summed E-state index contributed by atoms with van der Waals surface area (Å²) in [5, 5.41) is 0. The van der Waals surface area contributed by atoms with Crippen LogP contribution in [-0.2, 0) is 74.9 Å². The van der Waals surface area contributed by atoms with Crippen LogP contribution in [0.1, 0.15) is 47.0 Å². The average molecular weight is 464 g/mol. The normalized spacial score (nSPS) is 37.5. The number of ether oxygens (including phenoxy) is 2. The fraction of sp³-hybridized carbons (Fsp3) is 0.765. The van der Waals surface area contributed by atoms with Gasteiger partial charge in [-0.3, -0.25) is 0 Å². The van der Waals surface area contributed by atoms with E-state index in [4.69, 9.17) is 25.2 Å². The molecule has 0 aromatic carbocycles. The summed E-state index contributed by atoms with van der Waals surface area (Å²) >= 11 is 0. The third-order valence-corrected chi connectivity index (χ3v) is 4.75. The third kappa shape index (κ3) is 7.41. The van der Waals surface area contributed by atoms with Gasteiger partial charge in [0.05, 0.1) is 0 Å². The van der Waals surface area contributed by atoms with Gasteiger partial charge in [0, 0.05) is 65.4 Å². The van der Waals surface area contributed by atoms with Crippen molar-refractivity contribution in [2.45, 2.75) is 59.0 Å². The fourth-order valence-electron chi connectivity index (χ4n) is 3.01. The monoisotopic (exact) mass is 464 g/mol. The fourth-order valence-corrected chi connectivity index (χ4v) is 3.01. The quantitative estimate of drug-likeness (QED) is 0.471. The molecule has 2 aliphatic heterocycles. The molecule has 2 aliphatic rings. The van der Waals surface area contributed by atoms with Gasteiger partial charge in [-0.05, 0) is 12.0 Å².